The minimum Gasteiger partial charge on any atom is -1.00 e. The van der Waals surface area contributed by atoms with Crippen molar-refractivity contribution in [1.29, 1.82) is 0 Å². The van der Waals surface area contributed by atoms with E-state index in [0.29, 0.717) is 0 Å². The van der Waals surface area contributed by atoms with Crippen molar-refractivity contribution in [2.24, 2.45) is 0 Å². The van der Waals surface area contributed by atoms with E-state index in [4.69, 9.17) is 15.1 Å². The van der Waals surface area contributed by atoms with Crippen molar-refractivity contribution < 1.29 is 118 Å². The molecule has 7 heteroatoms. The van der Waals surface area contributed by atoms with Crippen molar-refractivity contribution in [3.05, 3.63) is 0 Å². The maximum absolute atomic E-state index is 7.17. The van der Waals surface area contributed by atoms with Crippen LogP contribution in [0.2, 0.25) is 0 Å². The van der Waals surface area contributed by atoms with Gasteiger partial charge in [0.1, 0.15) is 0 Å². The molecule has 0 aromatic carbocycles. The first-order chi connectivity index (χ1) is 1.73. The third-order valence-electron chi connectivity index (χ3n) is 0. The van der Waals surface area contributed by atoms with Gasteiger partial charge in [-0.1, -0.05) is 0 Å². The molecule has 0 aliphatic rings. The van der Waals surface area contributed by atoms with Gasteiger partial charge in [0.25, 0.3) is 0 Å². The van der Waals surface area contributed by atoms with Crippen molar-refractivity contribution in [2.75, 3.05) is 0 Å². The Morgan fingerprint density at radius 3 is 1.14 bits per heavy atom. The Kier molecular flexibility index (Phi) is 51.6. The molecule has 0 aliphatic heterocycles. The largest absolute Gasteiger partial charge is 1.00 e. The number of rotatable bonds is 0. The van der Waals surface area contributed by atoms with Gasteiger partial charge >= 0.3 is 88.3 Å². The van der Waals surface area contributed by atoms with Crippen LogP contribution >= 0.6 is 0 Å². The Bertz CT molecular complexity index is 26.5. The smallest absolute Gasteiger partial charge is 1.00 e. The molecule has 30 valence electrons. The van der Waals surface area contributed by atoms with Gasteiger partial charge in [0, 0.05) is 19.5 Å². The van der Waals surface area contributed by atoms with Crippen LogP contribution in [-0.4, -0.2) is 22.4 Å². The van der Waals surface area contributed by atoms with Crippen LogP contribution in [0.4, 0.5) is 0 Å². The van der Waals surface area contributed by atoms with E-state index < -0.39 is 7.32 Å². The normalized spacial score (nSPS) is 3.86. The predicted molar refractivity (Wildman–Crippen MR) is 14.6 cm³/mol. The van der Waals surface area contributed by atoms with Crippen LogP contribution in [0.1, 0.15) is 2.85 Å². The monoisotopic (exact) mass is 190 g/mol. The zero-order chi connectivity index (χ0) is 3.58. The van der Waals surface area contributed by atoms with Gasteiger partial charge in [-0.2, -0.15) is 0 Å². The Labute approximate surface area is 123 Å². The first-order valence-corrected chi connectivity index (χ1v) is 0.775. The second-order valence-corrected chi connectivity index (χ2v) is 0.346. The second-order valence-electron chi connectivity index (χ2n) is 0.346. The Balaban J connectivity index is -0.00000000450. The van der Waals surface area contributed by atoms with E-state index in [1.54, 1.807) is 0 Å². The third kappa shape index (κ3) is 46.5. The summed E-state index contributed by atoms with van der Waals surface area (Å²) >= 11 is 0. The standard InChI is InChI=1S/BH3O3.K.Na.Zn.2H/c2-1(3)4;;;;;/h2-4H;;;;;/q;2*+1;;2*-1. The summed E-state index contributed by atoms with van der Waals surface area (Å²) in [7, 11) is -2.17. The van der Waals surface area contributed by atoms with Gasteiger partial charge in [0.2, 0.25) is 0 Å². The first-order valence-electron chi connectivity index (χ1n) is 0.775. The van der Waals surface area contributed by atoms with E-state index in [1.165, 1.54) is 0 Å². The number of hydrogen-bond acceptors (Lipinski definition) is 3. The topological polar surface area (TPSA) is 60.7 Å². The van der Waals surface area contributed by atoms with Crippen LogP contribution < -0.4 is 80.9 Å². The Hall–Kier alpha value is 3.20. The molecule has 0 bridgehead atoms. The van der Waals surface area contributed by atoms with Crippen molar-refractivity contribution in [3.8, 4) is 0 Å². The molecule has 0 fully saturated rings. The molecule has 0 heterocycles. The van der Waals surface area contributed by atoms with Crippen molar-refractivity contribution in [1.82, 2.24) is 0 Å². The fraction of sp³-hybridized carbons (Fsp3) is 0. The average Bonchev–Trinajstić information content (AvgIpc) is 0.811. The summed E-state index contributed by atoms with van der Waals surface area (Å²) < 4.78 is 0. The molecule has 0 aromatic heterocycles. The summed E-state index contributed by atoms with van der Waals surface area (Å²) in [5, 5.41) is 21.5. The van der Waals surface area contributed by atoms with Gasteiger partial charge in [0.05, 0.1) is 0 Å². The van der Waals surface area contributed by atoms with E-state index >= 15 is 0 Å². The van der Waals surface area contributed by atoms with Crippen molar-refractivity contribution in [3.63, 3.8) is 0 Å². The minimum atomic E-state index is -2.17. The molecular formula is H5BKNaO3Zn. The maximum atomic E-state index is 7.17. The summed E-state index contributed by atoms with van der Waals surface area (Å²) in [6.07, 6.45) is 0. The molecule has 7 heavy (non-hydrogen) atoms. The second kappa shape index (κ2) is 16.1. The molecule has 0 saturated heterocycles. The van der Waals surface area contributed by atoms with E-state index in [0.717, 1.165) is 0 Å². The minimum absolute atomic E-state index is 0. The van der Waals surface area contributed by atoms with E-state index in [9.17, 15) is 0 Å². The Morgan fingerprint density at radius 1 is 1.14 bits per heavy atom. The molecular weight excluding hydrogens is 186 g/mol. The SMILES string of the molecule is OB(O)O.[H-].[H-].[K+].[Na+].[Zn]. The summed E-state index contributed by atoms with van der Waals surface area (Å²) in [5.74, 6) is 0. The molecule has 0 rings (SSSR count). The fourth-order valence-corrected chi connectivity index (χ4v) is 0. The molecule has 0 atom stereocenters. The van der Waals surface area contributed by atoms with Crippen LogP contribution in [0.5, 0.6) is 0 Å². The van der Waals surface area contributed by atoms with Gasteiger partial charge in [-0.05, 0) is 0 Å². The van der Waals surface area contributed by atoms with E-state index in [2.05, 4.69) is 0 Å². The molecule has 0 aromatic rings. The van der Waals surface area contributed by atoms with Gasteiger partial charge < -0.3 is 17.9 Å². The molecule has 0 spiro atoms. The van der Waals surface area contributed by atoms with Gasteiger partial charge in [-0.15, -0.1) is 0 Å². The summed E-state index contributed by atoms with van der Waals surface area (Å²) in [6.45, 7) is 0. The van der Waals surface area contributed by atoms with E-state index in [-0.39, 0.29) is 103 Å². The van der Waals surface area contributed by atoms with Gasteiger partial charge in [0.15, 0.2) is 0 Å². The quantitative estimate of drug-likeness (QED) is 0.333. The van der Waals surface area contributed by atoms with Crippen molar-refractivity contribution in [2.45, 2.75) is 0 Å². The molecule has 0 amide bonds. The summed E-state index contributed by atoms with van der Waals surface area (Å²) in [6, 6.07) is 0. The third-order valence-corrected chi connectivity index (χ3v) is 0. The maximum Gasteiger partial charge on any atom is 1.00 e. The predicted octanol–water partition coefficient (Wildman–Crippen LogP) is -7.82. The van der Waals surface area contributed by atoms with Gasteiger partial charge in [-0.3, -0.25) is 0 Å². The van der Waals surface area contributed by atoms with Crippen LogP contribution in [0.15, 0.2) is 0 Å². The molecule has 0 unspecified atom stereocenters. The summed E-state index contributed by atoms with van der Waals surface area (Å²) in [5.41, 5.74) is 0. The molecule has 0 aliphatic carbocycles. The zero-order valence-corrected chi connectivity index (χ0v) is 12.7. The van der Waals surface area contributed by atoms with Crippen LogP contribution in [-0.2, 0) is 19.5 Å². The van der Waals surface area contributed by atoms with Crippen molar-refractivity contribution >= 4 is 7.32 Å². The van der Waals surface area contributed by atoms with Gasteiger partial charge in [-0.25, -0.2) is 0 Å². The molecule has 3 nitrogen and oxygen atoms in total. The average molecular weight is 191 g/mol. The zero-order valence-electron chi connectivity index (χ0n) is 6.63. The van der Waals surface area contributed by atoms with Crippen LogP contribution in [0, 0.1) is 0 Å². The number of hydrogen-bond donors (Lipinski definition) is 3. The van der Waals surface area contributed by atoms with Crippen LogP contribution in [0.25, 0.3) is 0 Å². The Morgan fingerprint density at radius 2 is 1.14 bits per heavy atom. The fourth-order valence-electron chi connectivity index (χ4n) is 0. The summed E-state index contributed by atoms with van der Waals surface area (Å²) in [4.78, 5) is 0. The molecule has 0 radical (unpaired) electrons. The first kappa shape index (κ1) is 22.5. The molecule has 3 N–H and O–H groups in total. The van der Waals surface area contributed by atoms with Crippen LogP contribution in [0.3, 0.4) is 0 Å². The van der Waals surface area contributed by atoms with E-state index in [1.807, 2.05) is 0 Å². The molecule has 0 saturated carbocycles.